The summed E-state index contributed by atoms with van der Waals surface area (Å²) in [6.07, 6.45) is 4.01. The third-order valence-corrected chi connectivity index (χ3v) is 2.99. The minimum absolute atomic E-state index is 0.113. The topological polar surface area (TPSA) is 51.2 Å². The standard InChI is InChI=1S/C11H12O3S/c1-9(12)7-8-10-5-3-4-6-11(10)15(2,13)14/h3-8H,1-2H3. The Balaban J connectivity index is 3.25. The molecule has 0 bridgehead atoms. The van der Waals surface area contributed by atoms with Crippen molar-refractivity contribution in [2.24, 2.45) is 0 Å². The molecule has 1 aromatic carbocycles. The van der Waals surface area contributed by atoms with E-state index in [0.717, 1.165) is 6.26 Å². The van der Waals surface area contributed by atoms with Crippen molar-refractivity contribution in [2.75, 3.05) is 6.26 Å². The predicted molar refractivity (Wildman–Crippen MR) is 59.3 cm³/mol. The van der Waals surface area contributed by atoms with E-state index in [2.05, 4.69) is 0 Å². The first-order chi connectivity index (χ1) is 6.91. The zero-order valence-corrected chi connectivity index (χ0v) is 9.41. The van der Waals surface area contributed by atoms with Gasteiger partial charge in [-0.05, 0) is 24.6 Å². The second-order valence-electron chi connectivity index (χ2n) is 3.25. The molecule has 0 heterocycles. The highest BCUT2D eigenvalue weighted by atomic mass is 32.2. The van der Waals surface area contributed by atoms with Crippen molar-refractivity contribution in [1.82, 2.24) is 0 Å². The summed E-state index contributed by atoms with van der Waals surface area (Å²) in [6, 6.07) is 6.57. The fraction of sp³-hybridized carbons (Fsp3) is 0.182. The van der Waals surface area contributed by atoms with Crippen LogP contribution in [0.3, 0.4) is 0 Å². The maximum Gasteiger partial charge on any atom is 0.176 e. The molecule has 0 aliphatic rings. The summed E-state index contributed by atoms with van der Waals surface area (Å²) in [5.41, 5.74) is 0.537. The second-order valence-corrected chi connectivity index (χ2v) is 5.24. The third kappa shape index (κ3) is 3.32. The zero-order chi connectivity index (χ0) is 11.5. The molecule has 4 heteroatoms. The second kappa shape index (κ2) is 4.40. The molecule has 0 atom stereocenters. The van der Waals surface area contributed by atoms with Gasteiger partial charge in [-0.25, -0.2) is 8.42 Å². The van der Waals surface area contributed by atoms with Crippen LogP contribution in [0.4, 0.5) is 0 Å². The van der Waals surface area contributed by atoms with E-state index in [-0.39, 0.29) is 10.7 Å². The molecule has 0 amide bonds. The number of benzene rings is 1. The molecule has 0 spiro atoms. The van der Waals surface area contributed by atoms with Gasteiger partial charge in [0.2, 0.25) is 0 Å². The summed E-state index contributed by atoms with van der Waals surface area (Å²) >= 11 is 0. The lowest BCUT2D eigenvalue weighted by atomic mass is 10.2. The molecule has 3 nitrogen and oxygen atoms in total. The Labute approximate surface area is 89.4 Å². The lowest BCUT2D eigenvalue weighted by Crippen LogP contribution is -1.99. The molecule has 0 aromatic heterocycles. The van der Waals surface area contributed by atoms with Gasteiger partial charge in [-0.3, -0.25) is 4.79 Å². The first kappa shape index (κ1) is 11.7. The van der Waals surface area contributed by atoms with Gasteiger partial charge in [0, 0.05) is 6.26 Å². The smallest absolute Gasteiger partial charge is 0.176 e. The van der Waals surface area contributed by atoms with E-state index >= 15 is 0 Å². The molecule has 80 valence electrons. The van der Waals surface area contributed by atoms with E-state index in [1.807, 2.05) is 0 Å². The van der Waals surface area contributed by atoms with Crippen molar-refractivity contribution in [3.63, 3.8) is 0 Å². The highest BCUT2D eigenvalue weighted by Crippen LogP contribution is 2.16. The van der Waals surface area contributed by atoms with Crippen LogP contribution in [0.2, 0.25) is 0 Å². The van der Waals surface area contributed by atoms with Crippen LogP contribution in [-0.2, 0) is 14.6 Å². The van der Waals surface area contributed by atoms with Crippen LogP contribution in [0.5, 0.6) is 0 Å². The Morgan fingerprint density at radius 1 is 1.27 bits per heavy atom. The average molecular weight is 224 g/mol. The fourth-order valence-electron chi connectivity index (χ4n) is 1.16. The van der Waals surface area contributed by atoms with Gasteiger partial charge in [0.05, 0.1) is 4.90 Å². The van der Waals surface area contributed by atoms with E-state index in [1.54, 1.807) is 18.2 Å². The van der Waals surface area contributed by atoms with Gasteiger partial charge in [0.15, 0.2) is 15.6 Å². The minimum atomic E-state index is -3.24. The largest absolute Gasteiger partial charge is 0.295 e. The van der Waals surface area contributed by atoms with Crippen molar-refractivity contribution < 1.29 is 13.2 Å². The van der Waals surface area contributed by atoms with Crippen LogP contribution in [0.15, 0.2) is 35.2 Å². The Bertz CT molecular complexity index is 498. The van der Waals surface area contributed by atoms with Crippen molar-refractivity contribution in [1.29, 1.82) is 0 Å². The van der Waals surface area contributed by atoms with Crippen LogP contribution in [-0.4, -0.2) is 20.5 Å². The van der Waals surface area contributed by atoms with E-state index in [0.29, 0.717) is 5.56 Å². The number of carbonyl (C=O) groups is 1. The maximum absolute atomic E-state index is 11.4. The van der Waals surface area contributed by atoms with Crippen molar-refractivity contribution in [3.05, 3.63) is 35.9 Å². The summed E-state index contributed by atoms with van der Waals surface area (Å²) in [6.45, 7) is 1.42. The summed E-state index contributed by atoms with van der Waals surface area (Å²) in [4.78, 5) is 11.0. The molecule has 0 aliphatic heterocycles. The highest BCUT2D eigenvalue weighted by molar-refractivity contribution is 7.90. The Morgan fingerprint density at radius 2 is 1.87 bits per heavy atom. The average Bonchev–Trinajstić information content (AvgIpc) is 2.13. The number of rotatable bonds is 3. The van der Waals surface area contributed by atoms with E-state index in [9.17, 15) is 13.2 Å². The van der Waals surface area contributed by atoms with E-state index < -0.39 is 9.84 Å². The van der Waals surface area contributed by atoms with Gasteiger partial charge in [-0.2, -0.15) is 0 Å². The predicted octanol–water partition coefficient (Wildman–Crippen LogP) is 1.69. The van der Waals surface area contributed by atoms with Crippen molar-refractivity contribution in [3.8, 4) is 0 Å². The van der Waals surface area contributed by atoms with Crippen LogP contribution in [0.1, 0.15) is 12.5 Å². The lowest BCUT2D eigenvalue weighted by Gasteiger charge is -2.02. The Morgan fingerprint density at radius 3 is 2.40 bits per heavy atom. The highest BCUT2D eigenvalue weighted by Gasteiger charge is 2.09. The van der Waals surface area contributed by atoms with Crippen molar-refractivity contribution in [2.45, 2.75) is 11.8 Å². The molecule has 0 saturated heterocycles. The van der Waals surface area contributed by atoms with Crippen molar-refractivity contribution >= 4 is 21.7 Å². The first-order valence-electron chi connectivity index (χ1n) is 4.39. The van der Waals surface area contributed by atoms with Gasteiger partial charge in [0.25, 0.3) is 0 Å². The molecule has 0 saturated carbocycles. The molecular formula is C11H12O3S. The van der Waals surface area contributed by atoms with E-state index in [4.69, 9.17) is 0 Å². The Kier molecular flexibility index (Phi) is 3.42. The monoisotopic (exact) mass is 224 g/mol. The molecule has 1 aromatic rings. The molecule has 15 heavy (non-hydrogen) atoms. The molecule has 0 radical (unpaired) electrons. The third-order valence-electron chi connectivity index (χ3n) is 1.82. The summed E-state index contributed by atoms with van der Waals surface area (Å²) in [7, 11) is -3.24. The van der Waals surface area contributed by atoms with E-state index in [1.165, 1.54) is 25.1 Å². The first-order valence-corrected chi connectivity index (χ1v) is 6.28. The number of allylic oxidation sites excluding steroid dienone is 1. The normalized spacial score (nSPS) is 11.9. The van der Waals surface area contributed by atoms with Gasteiger partial charge in [0.1, 0.15) is 0 Å². The van der Waals surface area contributed by atoms with Gasteiger partial charge in [-0.1, -0.05) is 24.3 Å². The van der Waals surface area contributed by atoms with Crippen LogP contribution >= 0.6 is 0 Å². The minimum Gasteiger partial charge on any atom is -0.295 e. The molecular weight excluding hydrogens is 212 g/mol. The number of hydrogen-bond acceptors (Lipinski definition) is 3. The molecule has 0 unspecified atom stereocenters. The number of carbonyl (C=O) groups excluding carboxylic acids is 1. The van der Waals surface area contributed by atoms with Gasteiger partial charge in [-0.15, -0.1) is 0 Å². The maximum atomic E-state index is 11.4. The van der Waals surface area contributed by atoms with Crippen LogP contribution < -0.4 is 0 Å². The van der Waals surface area contributed by atoms with Crippen LogP contribution in [0.25, 0.3) is 6.08 Å². The number of hydrogen-bond donors (Lipinski definition) is 0. The Hall–Kier alpha value is -1.42. The summed E-state index contributed by atoms with van der Waals surface area (Å²) < 4.78 is 22.8. The van der Waals surface area contributed by atoms with Gasteiger partial charge >= 0.3 is 0 Å². The molecule has 0 aliphatic carbocycles. The number of sulfone groups is 1. The summed E-state index contributed by atoms with van der Waals surface area (Å²) in [5, 5.41) is 0. The van der Waals surface area contributed by atoms with Crippen LogP contribution in [0, 0.1) is 0 Å². The molecule has 1 rings (SSSR count). The zero-order valence-electron chi connectivity index (χ0n) is 8.60. The number of ketones is 1. The van der Waals surface area contributed by atoms with Gasteiger partial charge < -0.3 is 0 Å². The lowest BCUT2D eigenvalue weighted by molar-refractivity contribution is -0.112. The quantitative estimate of drug-likeness (QED) is 0.734. The molecule has 0 N–H and O–H groups in total. The fourth-order valence-corrected chi connectivity index (χ4v) is 2.05. The molecule has 0 fully saturated rings. The SMILES string of the molecule is CC(=O)C=Cc1ccccc1S(C)(=O)=O. The summed E-state index contributed by atoms with van der Waals surface area (Å²) in [5.74, 6) is -0.113.